The van der Waals surface area contributed by atoms with Crippen LogP contribution in [0.1, 0.15) is 24.0 Å². The molecule has 1 saturated heterocycles. The molecule has 0 aromatic heterocycles. The standard InChI is InChI=1S/C12H15FN2/c1-9-8-10(13)4-5-11(9)12(14)15-6-2-3-7-15/h4-5,8,14H,2-3,6-7H2,1H3. The first kappa shape index (κ1) is 10.1. The summed E-state index contributed by atoms with van der Waals surface area (Å²) < 4.78 is 12.9. The molecule has 80 valence electrons. The Bertz CT molecular complexity index is 381. The molecule has 1 aromatic rings. The van der Waals surface area contributed by atoms with Crippen LogP contribution in [0.15, 0.2) is 18.2 Å². The zero-order chi connectivity index (χ0) is 10.8. The van der Waals surface area contributed by atoms with Crippen LogP contribution in [0.25, 0.3) is 0 Å². The van der Waals surface area contributed by atoms with Gasteiger partial charge in [-0.2, -0.15) is 0 Å². The molecule has 1 aromatic carbocycles. The smallest absolute Gasteiger partial charge is 0.128 e. The summed E-state index contributed by atoms with van der Waals surface area (Å²) >= 11 is 0. The van der Waals surface area contributed by atoms with Crippen molar-refractivity contribution >= 4 is 5.84 Å². The summed E-state index contributed by atoms with van der Waals surface area (Å²) in [7, 11) is 0. The second kappa shape index (κ2) is 4.01. The SMILES string of the molecule is Cc1cc(F)ccc1C(=N)N1CCCC1. The van der Waals surface area contributed by atoms with E-state index in [2.05, 4.69) is 4.90 Å². The zero-order valence-electron chi connectivity index (χ0n) is 8.89. The fourth-order valence-electron chi connectivity index (χ4n) is 2.00. The van der Waals surface area contributed by atoms with E-state index >= 15 is 0 Å². The van der Waals surface area contributed by atoms with Gasteiger partial charge in [-0.3, -0.25) is 5.41 Å². The van der Waals surface area contributed by atoms with Crippen LogP contribution in [0.5, 0.6) is 0 Å². The van der Waals surface area contributed by atoms with Crippen molar-refractivity contribution in [2.45, 2.75) is 19.8 Å². The molecule has 1 aliphatic heterocycles. The molecular formula is C12H15FN2. The number of nitrogens with one attached hydrogen (secondary N) is 1. The van der Waals surface area contributed by atoms with E-state index in [0.717, 1.165) is 37.1 Å². The normalized spacial score (nSPS) is 15.7. The van der Waals surface area contributed by atoms with Gasteiger partial charge in [-0.1, -0.05) is 0 Å². The highest BCUT2D eigenvalue weighted by molar-refractivity contribution is 5.97. The van der Waals surface area contributed by atoms with Crippen molar-refractivity contribution < 1.29 is 4.39 Å². The minimum absolute atomic E-state index is 0.231. The molecule has 0 radical (unpaired) electrons. The maximum absolute atomic E-state index is 12.9. The lowest BCUT2D eigenvalue weighted by Gasteiger charge is -2.19. The molecule has 15 heavy (non-hydrogen) atoms. The fourth-order valence-corrected chi connectivity index (χ4v) is 2.00. The molecule has 2 rings (SSSR count). The first-order valence-corrected chi connectivity index (χ1v) is 5.28. The van der Waals surface area contributed by atoms with Gasteiger partial charge in [-0.05, 0) is 43.5 Å². The van der Waals surface area contributed by atoms with Gasteiger partial charge in [0.1, 0.15) is 11.7 Å². The molecule has 0 amide bonds. The van der Waals surface area contributed by atoms with Crippen molar-refractivity contribution in [3.05, 3.63) is 35.1 Å². The first-order valence-electron chi connectivity index (χ1n) is 5.28. The van der Waals surface area contributed by atoms with Gasteiger partial charge >= 0.3 is 0 Å². The summed E-state index contributed by atoms with van der Waals surface area (Å²) in [6, 6.07) is 4.61. The topological polar surface area (TPSA) is 27.1 Å². The number of halogens is 1. The minimum atomic E-state index is -0.231. The van der Waals surface area contributed by atoms with Crippen molar-refractivity contribution in [1.82, 2.24) is 4.90 Å². The first-order chi connectivity index (χ1) is 7.18. The Kier molecular flexibility index (Phi) is 2.71. The molecule has 0 atom stereocenters. The minimum Gasteiger partial charge on any atom is -0.357 e. The molecule has 1 heterocycles. The fraction of sp³-hybridized carbons (Fsp3) is 0.417. The van der Waals surface area contributed by atoms with Gasteiger partial charge in [0.25, 0.3) is 0 Å². The lowest BCUT2D eigenvalue weighted by molar-refractivity contribution is 0.516. The van der Waals surface area contributed by atoms with Crippen LogP contribution < -0.4 is 0 Å². The highest BCUT2D eigenvalue weighted by Crippen LogP contribution is 2.16. The largest absolute Gasteiger partial charge is 0.357 e. The van der Waals surface area contributed by atoms with Gasteiger partial charge < -0.3 is 4.90 Å². The van der Waals surface area contributed by atoms with E-state index in [-0.39, 0.29) is 5.82 Å². The van der Waals surface area contributed by atoms with Crippen molar-refractivity contribution in [1.29, 1.82) is 5.41 Å². The van der Waals surface area contributed by atoms with Crippen LogP contribution in [-0.2, 0) is 0 Å². The number of rotatable bonds is 1. The molecule has 1 fully saturated rings. The lowest BCUT2D eigenvalue weighted by atomic mass is 10.1. The Morgan fingerprint density at radius 3 is 2.60 bits per heavy atom. The van der Waals surface area contributed by atoms with E-state index in [0.29, 0.717) is 5.84 Å². The Balaban J connectivity index is 2.24. The molecule has 0 saturated carbocycles. The summed E-state index contributed by atoms with van der Waals surface area (Å²) in [4.78, 5) is 2.06. The van der Waals surface area contributed by atoms with Crippen LogP contribution in [0.2, 0.25) is 0 Å². The molecule has 0 aliphatic carbocycles. The number of hydrogen-bond acceptors (Lipinski definition) is 1. The molecule has 0 unspecified atom stereocenters. The Labute approximate surface area is 89.2 Å². The Morgan fingerprint density at radius 1 is 1.33 bits per heavy atom. The Morgan fingerprint density at radius 2 is 2.00 bits per heavy atom. The molecule has 0 spiro atoms. The number of benzene rings is 1. The number of nitrogens with zero attached hydrogens (tertiary/aromatic N) is 1. The van der Waals surface area contributed by atoms with Crippen LogP contribution in [0.4, 0.5) is 4.39 Å². The van der Waals surface area contributed by atoms with Crippen molar-refractivity contribution in [2.24, 2.45) is 0 Å². The molecule has 1 aliphatic rings. The summed E-state index contributed by atoms with van der Waals surface area (Å²) in [5, 5.41) is 8.04. The van der Waals surface area contributed by atoms with Crippen LogP contribution in [0, 0.1) is 18.2 Å². The highest BCUT2D eigenvalue weighted by Gasteiger charge is 2.17. The van der Waals surface area contributed by atoms with Crippen LogP contribution in [0.3, 0.4) is 0 Å². The van der Waals surface area contributed by atoms with Crippen LogP contribution in [-0.4, -0.2) is 23.8 Å². The van der Waals surface area contributed by atoms with Gasteiger partial charge in [0.2, 0.25) is 0 Å². The predicted molar refractivity (Wildman–Crippen MR) is 58.8 cm³/mol. The lowest BCUT2D eigenvalue weighted by Crippen LogP contribution is -2.28. The molecule has 0 bridgehead atoms. The van der Waals surface area contributed by atoms with E-state index in [1.807, 2.05) is 6.92 Å². The van der Waals surface area contributed by atoms with E-state index < -0.39 is 0 Å². The predicted octanol–water partition coefficient (Wildman–Crippen LogP) is 2.56. The van der Waals surface area contributed by atoms with E-state index in [4.69, 9.17) is 5.41 Å². The maximum Gasteiger partial charge on any atom is 0.128 e. The van der Waals surface area contributed by atoms with Gasteiger partial charge in [0, 0.05) is 18.7 Å². The number of hydrogen-bond donors (Lipinski definition) is 1. The highest BCUT2D eigenvalue weighted by atomic mass is 19.1. The summed E-state index contributed by atoms with van der Waals surface area (Å²) in [6.07, 6.45) is 2.31. The summed E-state index contributed by atoms with van der Waals surface area (Å²) in [5.74, 6) is 0.301. The van der Waals surface area contributed by atoms with Crippen molar-refractivity contribution in [3.8, 4) is 0 Å². The summed E-state index contributed by atoms with van der Waals surface area (Å²) in [5.41, 5.74) is 1.69. The Hall–Kier alpha value is -1.38. The molecular weight excluding hydrogens is 191 g/mol. The average molecular weight is 206 g/mol. The number of aryl methyl sites for hydroxylation is 1. The van der Waals surface area contributed by atoms with Gasteiger partial charge in [-0.25, -0.2) is 4.39 Å². The van der Waals surface area contributed by atoms with Gasteiger partial charge in [-0.15, -0.1) is 0 Å². The zero-order valence-corrected chi connectivity index (χ0v) is 8.89. The third kappa shape index (κ3) is 2.01. The van der Waals surface area contributed by atoms with Crippen molar-refractivity contribution in [2.75, 3.05) is 13.1 Å². The quantitative estimate of drug-likeness (QED) is 0.555. The second-order valence-corrected chi connectivity index (χ2v) is 4.00. The number of amidine groups is 1. The van der Waals surface area contributed by atoms with Crippen molar-refractivity contribution in [3.63, 3.8) is 0 Å². The molecule has 1 N–H and O–H groups in total. The molecule has 3 heteroatoms. The van der Waals surface area contributed by atoms with Gasteiger partial charge in [0.05, 0.1) is 0 Å². The monoisotopic (exact) mass is 206 g/mol. The van der Waals surface area contributed by atoms with Gasteiger partial charge in [0.15, 0.2) is 0 Å². The van der Waals surface area contributed by atoms with Crippen LogP contribution >= 0.6 is 0 Å². The van der Waals surface area contributed by atoms with E-state index in [1.54, 1.807) is 6.07 Å². The number of likely N-dealkylation sites (tertiary alicyclic amines) is 1. The van der Waals surface area contributed by atoms with E-state index in [9.17, 15) is 4.39 Å². The average Bonchev–Trinajstić information content (AvgIpc) is 2.69. The van der Waals surface area contributed by atoms with E-state index in [1.165, 1.54) is 12.1 Å². The third-order valence-electron chi connectivity index (χ3n) is 2.87. The summed E-state index contributed by atoms with van der Waals surface area (Å²) in [6.45, 7) is 3.76. The third-order valence-corrected chi connectivity index (χ3v) is 2.87. The maximum atomic E-state index is 12.9. The second-order valence-electron chi connectivity index (χ2n) is 4.00. The molecule has 2 nitrogen and oxygen atoms in total.